The molecule has 1 heterocycles. The van der Waals surface area contributed by atoms with Gasteiger partial charge in [-0.05, 0) is 31.7 Å². The van der Waals surface area contributed by atoms with Crippen LogP contribution in [0.4, 0.5) is 0 Å². The first-order chi connectivity index (χ1) is 6.70. The summed E-state index contributed by atoms with van der Waals surface area (Å²) in [5.41, 5.74) is 3.01. The highest BCUT2D eigenvalue weighted by Gasteiger charge is 2.05. The molecule has 0 aliphatic rings. The Morgan fingerprint density at radius 1 is 1.50 bits per heavy atom. The number of nitrogens with one attached hydrogen (secondary N) is 2. The van der Waals surface area contributed by atoms with Crippen molar-refractivity contribution in [1.29, 1.82) is 0 Å². The van der Waals surface area contributed by atoms with E-state index in [1.165, 1.54) is 0 Å². The Morgan fingerprint density at radius 3 is 3.00 bits per heavy atom. The van der Waals surface area contributed by atoms with Crippen molar-refractivity contribution >= 4 is 22.6 Å². The second-order valence-corrected chi connectivity index (χ2v) is 3.73. The number of nitrogens with zero attached hydrogens (tertiary/aromatic N) is 1. The molecule has 2 rings (SSSR count). The number of benzene rings is 1. The molecule has 0 fully saturated rings. The summed E-state index contributed by atoms with van der Waals surface area (Å²) < 4.78 is 0. The molecule has 0 unspecified atom stereocenters. The Hall–Kier alpha value is -1.06. The number of rotatable bonds is 2. The maximum Gasteiger partial charge on any atom is 0.107 e. The molecule has 74 valence electrons. The zero-order valence-corrected chi connectivity index (χ0v) is 8.94. The van der Waals surface area contributed by atoms with E-state index in [0.717, 1.165) is 29.0 Å². The topological polar surface area (TPSA) is 40.7 Å². The highest BCUT2D eigenvalue weighted by atomic mass is 35.5. The lowest BCUT2D eigenvalue weighted by molar-refractivity contribution is 0.819. The van der Waals surface area contributed by atoms with E-state index in [0.29, 0.717) is 5.02 Å². The SMILES string of the molecule is CNCc1cc(Cl)c2nc(C)[nH]c2c1. The molecule has 1 aromatic heterocycles. The molecule has 0 atom stereocenters. The Kier molecular flexibility index (Phi) is 2.44. The summed E-state index contributed by atoms with van der Waals surface area (Å²) in [6.07, 6.45) is 0. The number of hydrogen-bond acceptors (Lipinski definition) is 2. The largest absolute Gasteiger partial charge is 0.342 e. The number of H-pyrrole nitrogens is 1. The molecule has 2 aromatic rings. The third-order valence-corrected chi connectivity index (χ3v) is 2.39. The fraction of sp³-hybridized carbons (Fsp3) is 0.300. The molecule has 0 amide bonds. The van der Waals surface area contributed by atoms with Crippen molar-refractivity contribution in [3.05, 3.63) is 28.5 Å². The van der Waals surface area contributed by atoms with Gasteiger partial charge in [-0.3, -0.25) is 0 Å². The van der Waals surface area contributed by atoms with Crippen LogP contribution >= 0.6 is 11.6 Å². The van der Waals surface area contributed by atoms with E-state index in [9.17, 15) is 0 Å². The van der Waals surface area contributed by atoms with E-state index < -0.39 is 0 Å². The van der Waals surface area contributed by atoms with Crippen molar-refractivity contribution in [2.75, 3.05) is 7.05 Å². The van der Waals surface area contributed by atoms with Crippen LogP contribution in [0.2, 0.25) is 5.02 Å². The summed E-state index contributed by atoms with van der Waals surface area (Å²) in [7, 11) is 1.91. The monoisotopic (exact) mass is 209 g/mol. The van der Waals surface area contributed by atoms with Crippen LogP contribution in [-0.2, 0) is 6.54 Å². The molecule has 3 nitrogen and oxygen atoms in total. The standard InChI is InChI=1S/C10H12ClN3/c1-6-13-9-4-7(5-12-2)3-8(11)10(9)14-6/h3-4,12H,5H2,1-2H3,(H,13,14). The zero-order valence-electron chi connectivity index (χ0n) is 8.19. The number of halogens is 1. The highest BCUT2D eigenvalue weighted by Crippen LogP contribution is 2.23. The van der Waals surface area contributed by atoms with Crippen LogP contribution in [0.5, 0.6) is 0 Å². The summed E-state index contributed by atoms with van der Waals surface area (Å²) in [5.74, 6) is 0.892. The van der Waals surface area contributed by atoms with Crippen LogP contribution in [0.3, 0.4) is 0 Å². The molecule has 4 heteroatoms. The third kappa shape index (κ3) is 1.61. The van der Waals surface area contributed by atoms with Crippen LogP contribution in [-0.4, -0.2) is 17.0 Å². The van der Waals surface area contributed by atoms with Gasteiger partial charge in [-0.1, -0.05) is 11.6 Å². The molecule has 2 N–H and O–H groups in total. The first kappa shape index (κ1) is 9.49. The maximum atomic E-state index is 6.10. The summed E-state index contributed by atoms with van der Waals surface area (Å²) >= 11 is 6.10. The van der Waals surface area contributed by atoms with Gasteiger partial charge in [-0.2, -0.15) is 0 Å². The highest BCUT2D eigenvalue weighted by molar-refractivity contribution is 6.35. The number of fused-ring (bicyclic) bond motifs is 1. The van der Waals surface area contributed by atoms with Crippen molar-refractivity contribution in [2.45, 2.75) is 13.5 Å². The van der Waals surface area contributed by atoms with E-state index in [4.69, 9.17) is 11.6 Å². The van der Waals surface area contributed by atoms with Gasteiger partial charge in [0.1, 0.15) is 11.3 Å². The van der Waals surface area contributed by atoms with Gasteiger partial charge < -0.3 is 10.3 Å². The average molecular weight is 210 g/mol. The third-order valence-electron chi connectivity index (χ3n) is 2.10. The Balaban J connectivity index is 2.59. The van der Waals surface area contributed by atoms with Gasteiger partial charge >= 0.3 is 0 Å². The molecule has 0 bridgehead atoms. The molecule has 0 saturated heterocycles. The van der Waals surface area contributed by atoms with Crippen molar-refractivity contribution in [3.63, 3.8) is 0 Å². The van der Waals surface area contributed by atoms with E-state index in [2.05, 4.69) is 21.4 Å². The van der Waals surface area contributed by atoms with Gasteiger partial charge in [0.25, 0.3) is 0 Å². The van der Waals surface area contributed by atoms with Gasteiger partial charge in [0, 0.05) is 6.54 Å². The molecule has 0 radical (unpaired) electrons. The minimum absolute atomic E-state index is 0.706. The molecule has 0 spiro atoms. The van der Waals surface area contributed by atoms with E-state index in [-0.39, 0.29) is 0 Å². The Morgan fingerprint density at radius 2 is 2.29 bits per heavy atom. The van der Waals surface area contributed by atoms with E-state index in [1.807, 2.05) is 20.0 Å². The van der Waals surface area contributed by atoms with Gasteiger partial charge in [0.2, 0.25) is 0 Å². The van der Waals surface area contributed by atoms with Crippen LogP contribution in [0.1, 0.15) is 11.4 Å². The molecular weight excluding hydrogens is 198 g/mol. The lowest BCUT2D eigenvalue weighted by Gasteiger charge is -2.00. The Labute approximate surface area is 87.5 Å². The first-order valence-corrected chi connectivity index (χ1v) is 4.88. The number of aromatic amines is 1. The second kappa shape index (κ2) is 3.59. The Bertz CT molecular complexity index is 462. The van der Waals surface area contributed by atoms with Crippen molar-refractivity contribution in [3.8, 4) is 0 Å². The fourth-order valence-electron chi connectivity index (χ4n) is 1.56. The minimum Gasteiger partial charge on any atom is -0.342 e. The quantitative estimate of drug-likeness (QED) is 0.797. The van der Waals surface area contributed by atoms with Crippen molar-refractivity contribution in [1.82, 2.24) is 15.3 Å². The maximum absolute atomic E-state index is 6.10. The van der Waals surface area contributed by atoms with Gasteiger partial charge in [-0.15, -0.1) is 0 Å². The van der Waals surface area contributed by atoms with Gasteiger partial charge in [-0.25, -0.2) is 4.98 Å². The van der Waals surface area contributed by atoms with Gasteiger partial charge in [0.15, 0.2) is 0 Å². The van der Waals surface area contributed by atoms with Crippen molar-refractivity contribution < 1.29 is 0 Å². The molecule has 0 aliphatic carbocycles. The number of hydrogen-bond donors (Lipinski definition) is 2. The molecule has 14 heavy (non-hydrogen) atoms. The van der Waals surface area contributed by atoms with Crippen LogP contribution in [0.25, 0.3) is 11.0 Å². The molecule has 0 aliphatic heterocycles. The van der Waals surface area contributed by atoms with Crippen LogP contribution < -0.4 is 5.32 Å². The summed E-state index contributed by atoms with van der Waals surface area (Å²) in [6.45, 7) is 2.74. The normalized spacial score (nSPS) is 11.1. The van der Waals surface area contributed by atoms with Crippen LogP contribution in [0.15, 0.2) is 12.1 Å². The number of aromatic nitrogens is 2. The number of imidazole rings is 1. The molecule has 1 aromatic carbocycles. The smallest absolute Gasteiger partial charge is 0.107 e. The predicted octanol–water partition coefficient (Wildman–Crippen LogP) is 2.24. The van der Waals surface area contributed by atoms with E-state index >= 15 is 0 Å². The van der Waals surface area contributed by atoms with Crippen molar-refractivity contribution in [2.24, 2.45) is 0 Å². The predicted molar refractivity (Wildman–Crippen MR) is 58.6 cm³/mol. The first-order valence-electron chi connectivity index (χ1n) is 4.50. The lowest BCUT2D eigenvalue weighted by atomic mass is 10.2. The van der Waals surface area contributed by atoms with Gasteiger partial charge in [0.05, 0.1) is 10.5 Å². The van der Waals surface area contributed by atoms with E-state index in [1.54, 1.807) is 0 Å². The summed E-state index contributed by atoms with van der Waals surface area (Å²) in [4.78, 5) is 7.48. The minimum atomic E-state index is 0.706. The fourth-order valence-corrected chi connectivity index (χ4v) is 1.85. The molecule has 0 saturated carbocycles. The summed E-state index contributed by atoms with van der Waals surface area (Å²) in [6, 6.07) is 4.01. The molecular formula is C10H12ClN3. The average Bonchev–Trinajstić information content (AvgIpc) is 2.47. The number of aryl methyl sites for hydroxylation is 1. The lowest BCUT2D eigenvalue weighted by Crippen LogP contribution is -2.04. The second-order valence-electron chi connectivity index (χ2n) is 3.33. The zero-order chi connectivity index (χ0) is 10.1. The van der Waals surface area contributed by atoms with Crippen LogP contribution in [0, 0.1) is 6.92 Å². The summed E-state index contributed by atoms with van der Waals surface area (Å²) in [5, 5.41) is 3.80.